The number of hydrogen-bond donors (Lipinski definition) is 4. The van der Waals surface area contributed by atoms with Gasteiger partial charge in [0.05, 0.1) is 18.8 Å². The number of aliphatic imine (C=N–C) groups is 1. The Balaban J connectivity index is 1.58. The predicted octanol–water partition coefficient (Wildman–Crippen LogP) is 2.51. The van der Waals surface area contributed by atoms with Gasteiger partial charge in [0.1, 0.15) is 30.6 Å². The van der Waals surface area contributed by atoms with Crippen LogP contribution < -0.4 is 25.4 Å². The van der Waals surface area contributed by atoms with Crippen molar-refractivity contribution < 1.29 is 23.8 Å². The zero-order chi connectivity index (χ0) is 27.1. The first-order chi connectivity index (χ1) is 18.3. The number of aliphatic hydroxyl groups is 1. The summed E-state index contributed by atoms with van der Waals surface area (Å²) < 4.78 is 20.6. The molecular weight excluding hydrogens is 489 g/mol. The molecule has 0 aromatic heterocycles. The maximum atomic E-state index is 15.1. The highest BCUT2D eigenvalue weighted by atomic mass is 19.1. The number of aliphatic hydroxyl groups excluding tert-OH is 1. The smallest absolute Gasteiger partial charge is 0.385 e. The first-order valence-electron chi connectivity index (χ1n) is 12.9. The monoisotopic (exact) mass is 524 g/mol. The molecule has 1 heterocycles. The molecule has 2 aliphatic rings. The maximum absolute atomic E-state index is 15.1. The van der Waals surface area contributed by atoms with Gasteiger partial charge in [-0.1, -0.05) is 18.2 Å². The van der Waals surface area contributed by atoms with Gasteiger partial charge in [-0.15, -0.1) is 10.0 Å². The molecule has 0 saturated heterocycles. The number of quaternary nitrogens is 1. The molecule has 2 atom stereocenters. The molecule has 2 aromatic carbocycles. The van der Waals surface area contributed by atoms with E-state index in [0.29, 0.717) is 31.8 Å². The standard InChI is InChI=1S/C28H34FN5O4/c1-19(15-21-5-3-4-6-26(21)38-14-11-30-10-13-35)33-34(12-9-31-18-27(34)36)25-17-22(16-24(29)20(25)2)28(37)32-23-7-8-23/h3-6,9,12,16-19,23,30,33,35H,7-8,10-11,13-15H2,1-2H3/p+1. The molecule has 202 valence electrons. The Bertz CT molecular complexity index is 1230. The summed E-state index contributed by atoms with van der Waals surface area (Å²) >= 11 is 0. The molecule has 1 saturated carbocycles. The molecule has 2 unspecified atom stereocenters. The quantitative estimate of drug-likeness (QED) is 0.237. The number of carbonyl (C=O) groups is 2. The number of nitrogens with zero attached hydrogens (tertiary/aromatic N) is 2. The van der Waals surface area contributed by atoms with Crippen LogP contribution in [0.4, 0.5) is 10.1 Å². The summed E-state index contributed by atoms with van der Waals surface area (Å²) in [6.45, 7) is 5.12. The topological polar surface area (TPSA) is 112 Å². The molecule has 1 fully saturated rings. The maximum Gasteiger partial charge on any atom is 0.385 e. The lowest BCUT2D eigenvalue weighted by Gasteiger charge is -2.35. The molecule has 9 nitrogen and oxygen atoms in total. The van der Waals surface area contributed by atoms with Crippen molar-refractivity contribution in [1.82, 2.24) is 20.7 Å². The van der Waals surface area contributed by atoms with Gasteiger partial charge in [0, 0.05) is 36.3 Å². The summed E-state index contributed by atoms with van der Waals surface area (Å²) in [5, 5.41) is 14.9. The number of ether oxygens (including phenoxy) is 1. The molecular formula is C28H35FN5O4+. The number of amides is 2. The molecule has 0 bridgehead atoms. The van der Waals surface area contributed by atoms with Crippen LogP contribution in [0.1, 0.15) is 41.3 Å². The van der Waals surface area contributed by atoms with Crippen LogP contribution in [-0.2, 0) is 11.2 Å². The fourth-order valence-electron chi connectivity index (χ4n) is 4.42. The summed E-state index contributed by atoms with van der Waals surface area (Å²) in [6.07, 6.45) is 6.60. The van der Waals surface area contributed by atoms with Crippen molar-refractivity contribution in [1.29, 1.82) is 0 Å². The van der Waals surface area contributed by atoms with Crippen molar-refractivity contribution in [3.8, 4) is 5.75 Å². The Kier molecular flexibility index (Phi) is 9.01. The molecule has 4 rings (SSSR count). The Morgan fingerprint density at radius 1 is 1.26 bits per heavy atom. The largest absolute Gasteiger partial charge is 0.492 e. The third kappa shape index (κ3) is 6.51. The van der Waals surface area contributed by atoms with Gasteiger partial charge in [0.2, 0.25) is 0 Å². The minimum Gasteiger partial charge on any atom is -0.492 e. The molecule has 2 amide bonds. The molecule has 10 heteroatoms. The van der Waals surface area contributed by atoms with Gasteiger partial charge in [-0.3, -0.25) is 4.79 Å². The van der Waals surface area contributed by atoms with E-state index >= 15 is 4.39 Å². The van der Waals surface area contributed by atoms with Gasteiger partial charge in [0.25, 0.3) is 5.91 Å². The second-order valence-corrected chi connectivity index (χ2v) is 9.65. The lowest BCUT2D eigenvalue weighted by molar-refractivity contribution is -0.123. The van der Waals surface area contributed by atoms with E-state index in [4.69, 9.17) is 9.84 Å². The summed E-state index contributed by atoms with van der Waals surface area (Å²) in [4.78, 5) is 30.1. The number of halogens is 1. The second kappa shape index (κ2) is 12.4. The van der Waals surface area contributed by atoms with Crippen molar-refractivity contribution in [2.75, 3.05) is 26.3 Å². The molecule has 1 aliphatic heterocycles. The van der Waals surface area contributed by atoms with Crippen LogP contribution >= 0.6 is 0 Å². The Labute approximate surface area is 222 Å². The normalized spacial score (nSPS) is 19.4. The lowest BCUT2D eigenvalue weighted by atomic mass is 10.0. The zero-order valence-corrected chi connectivity index (χ0v) is 21.7. The average molecular weight is 525 g/mol. The van der Waals surface area contributed by atoms with Crippen LogP contribution in [0.3, 0.4) is 0 Å². The number of benzene rings is 2. The molecule has 2 aromatic rings. The van der Waals surface area contributed by atoms with E-state index in [0.717, 1.165) is 24.2 Å². The molecule has 0 spiro atoms. The molecule has 4 N–H and O–H groups in total. The first kappa shape index (κ1) is 27.6. The number of rotatable bonds is 13. The summed E-state index contributed by atoms with van der Waals surface area (Å²) in [5.41, 5.74) is 5.06. The van der Waals surface area contributed by atoms with Crippen molar-refractivity contribution in [2.24, 2.45) is 4.99 Å². The summed E-state index contributed by atoms with van der Waals surface area (Å²) in [5.74, 6) is -0.601. The fourth-order valence-corrected chi connectivity index (χ4v) is 4.42. The lowest BCUT2D eigenvalue weighted by Crippen LogP contribution is -2.64. The van der Waals surface area contributed by atoms with Crippen LogP contribution in [0, 0.1) is 12.7 Å². The Hall–Kier alpha value is -3.44. The molecule has 1 aliphatic carbocycles. The number of hydrogen-bond acceptors (Lipinski definition) is 7. The van der Waals surface area contributed by atoms with E-state index < -0.39 is 16.3 Å². The van der Waals surface area contributed by atoms with Gasteiger partial charge in [-0.25, -0.2) is 14.2 Å². The van der Waals surface area contributed by atoms with Gasteiger partial charge in [-0.2, -0.15) is 0 Å². The highest BCUT2D eigenvalue weighted by molar-refractivity contribution is 6.31. The van der Waals surface area contributed by atoms with Crippen LogP contribution in [-0.4, -0.2) is 61.5 Å². The minimum atomic E-state index is -0.562. The van der Waals surface area contributed by atoms with Crippen LogP contribution in [0.2, 0.25) is 0 Å². The highest BCUT2D eigenvalue weighted by Gasteiger charge is 2.43. The average Bonchev–Trinajstić information content (AvgIpc) is 3.71. The van der Waals surface area contributed by atoms with Crippen LogP contribution in [0.5, 0.6) is 5.75 Å². The summed E-state index contributed by atoms with van der Waals surface area (Å²) in [6, 6.07) is 10.3. The van der Waals surface area contributed by atoms with Crippen LogP contribution in [0.15, 0.2) is 53.8 Å². The summed E-state index contributed by atoms with van der Waals surface area (Å²) in [7, 11) is 0. The minimum absolute atomic E-state index is 0.0646. The van der Waals surface area contributed by atoms with Gasteiger partial charge in [0.15, 0.2) is 5.69 Å². The van der Waals surface area contributed by atoms with E-state index in [2.05, 4.69) is 21.1 Å². The highest BCUT2D eigenvalue weighted by Crippen LogP contribution is 2.32. The van der Waals surface area contributed by atoms with Crippen molar-refractivity contribution in [3.63, 3.8) is 0 Å². The van der Waals surface area contributed by atoms with Gasteiger partial charge >= 0.3 is 5.91 Å². The van der Waals surface area contributed by atoms with E-state index in [1.54, 1.807) is 19.2 Å². The van der Waals surface area contributed by atoms with Crippen molar-refractivity contribution >= 4 is 23.7 Å². The molecule has 0 radical (unpaired) electrons. The van der Waals surface area contributed by atoms with Gasteiger partial charge in [-0.05, 0) is 50.8 Å². The van der Waals surface area contributed by atoms with Crippen LogP contribution in [0.25, 0.3) is 0 Å². The first-order valence-corrected chi connectivity index (χ1v) is 12.9. The van der Waals surface area contributed by atoms with Crippen molar-refractivity contribution in [3.05, 3.63) is 71.3 Å². The van der Waals surface area contributed by atoms with E-state index in [1.165, 1.54) is 18.5 Å². The zero-order valence-electron chi connectivity index (χ0n) is 21.7. The third-order valence-corrected chi connectivity index (χ3v) is 6.53. The number of para-hydroxylation sites is 1. The van der Waals surface area contributed by atoms with Gasteiger partial charge < -0.3 is 20.5 Å². The SMILES string of the molecule is Cc1c(F)cc(C(=O)NC2CC2)cc1[N+]1(NC(C)Cc2ccccc2OCCNCCO)C=CN=CC1=O. The van der Waals surface area contributed by atoms with E-state index in [-0.39, 0.29) is 35.7 Å². The number of nitrogens with one attached hydrogen (secondary N) is 3. The predicted molar refractivity (Wildman–Crippen MR) is 144 cm³/mol. The Morgan fingerprint density at radius 3 is 2.79 bits per heavy atom. The Morgan fingerprint density at radius 2 is 2.05 bits per heavy atom. The molecule has 38 heavy (non-hydrogen) atoms. The fraction of sp³-hybridized carbons (Fsp3) is 0.393. The second-order valence-electron chi connectivity index (χ2n) is 9.65. The van der Waals surface area contributed by atoms with E-state index in [1.807, 2.05) is 31.2 Å². The van der Waals surface area contributed by atoms with E-state index in [9.17, 15) is 9.59 Å². The third-order valence-electron chi connectivity index (χ3n) is 6.53. The van der Waals surface area contributed by atoms with Crippen molar-refractivity contribution in [2.45, 2.75) is 45.2 Å². The number of carbonyl (C=O) groups excluding carboxylic acids is 2.